The molecular weight excluding hydrogens is 284 g/mol. The van der Waals surface area contributed by atoms with Crippen molar-refractivity contribution in [3.8, 4) is 0 Å². The van der Waals surface area contributed by atoms with Crippen LogP contribution in [-0.4, -0.2) is 10.9 Å². The smallest absolute Gasteiger partial charge is 0.255 e. The van der Waals surface area contributed by atoms with Gasteiger partial charge in [-0.3, -0.25) is 9.78 Å². The number of carbonyl (C=O) groups is 1. The van der Waals surface area contributed by atoms with Gasteiger partial charge < -0.3 is 5.32 Å². The number of carbonyl (C=O) groups excluding carboxylic acids is 1. The minimum atomic E-state index is -0.0604. The van der Waals surface area contributed by atoms with Crippen molar-refractivity contribution in [3.63, 3.8) is 0 Å². The number of amides is 1. The normalized spacial score (nSPS) is 13.6. The van der Waals surface area contributed by atoms with E-state index in [1.165, 1.54) is 12.0 Å². The van der Waals surface area contributed by atoms with Gasteiger partial charge in [0.25, 0.3) is 5.91 Å². The molecule has 2 aromatic carbocycles. The highest BCUT2D eigenvalue weighted by Gasteiger charge is 2.19. The van der Waals surface area contributed by atoms with E-state index in [0.29, 0.717) is 5.56 Å². The Morgan fingerprint density at radius 1 is 0.913 bits per heavy atom. The Hall–Kier alpha value is -2.68. The molecule has 1 aliphatic rings. The lowest BCUT2D eigenvalue weighted by Crippen LogP contribution is -2.16. The van der Waals surface area contributed by atoms with Crippen molar-refractivity contribution in [1.29, 1.82) is 0 Å². The number of hydrogen-bond donors (Lipinski definition) is 1. The summed E-state index contributed by atoms with van der Waals surface area (Å²) >= 11 is 0. The predicted octanol–water partition coefficient (Wildman–Crippen LogP) is 4.37. The molecule has 3 heteroatoms. The molecule has 0 saturated carbocycles. The summed E-state index contributed by atoms with van der Waals surface area (Å²) in [5.74, 6) is -0.0604. The third-order valence-corrected chi connectivity index (χ3v) is 4.44. The van der Waals surface area contributed by atoms with Crippen LogP contribution >= 0.6 is 0 Å². The van der Waals surface area contributed by atoms with Gasteiger partial charge in [0.15, 0.2) is 0 Å². The summed E-state index contributed by atoms with van der Waals surface area (Å²) in [4.78, 5) is 17.4. The molecule has 114 valence electrons. The van der Waals surface area contributed by atoms with Gasteiger partial charge in [-0.1, -0.05) is 36.4 Å². The first-order chi connectivity index (χ1) is 11.3. The van der Waals surface area contributed by atoms with E-state index in [2.05, 4.69) is 5.32 Å². The van der Waals surface area contributed by atoms with Crippen LogP contribution in [0.3, 0.4) is 0 Å². The van der Waals surface area contributed by atoms with E-state index in [-0.39, 0.29) is 5.91 Å². The molecular formula is C20H18N2O. The van der Waals surface area contributed by atoms with E-state index in [1.807, 2.05) is 54.6 Å². The second-order valence-electron chi connectivity index (χ2n) is 5.96. The number of para-hydroxylation sites is 1. The van der Waals surface area contributed by atoms with Crippen LogP contribution in [0.4, 0.5) is 5.69 Å². The van der Waals surface area contributed by atoms with E-state index in [4.69, 9.17) is 4.98 Å². The number of anilines is 1. The third kappa shape index (κ3) is 2.59. The second kappa shape index (κ2) is 5.84. The highest BCUT2D eigenvalue weighted by molar-refractivity contribution is 6.09. The van der Waals surface area contributed by atoms with Crippen LogP contribution in [0.1, 0.15) is 34.5 Å². The van der Waals surface area contributed by atoms with E-state index in [1.54, 1.807) is 0 Å². The summed E-state index contributed by atoms with van der Waals surface area (Å²) in [6.07, 6.45) is 4.30. The van der Waals surface area contributed by atoms with Crippen LogP contribution < -0.4 is 5.32 Å². The molecule has 1 N–H and O–H groups in total. The summed E-state index contributed by atoms with van der Waals surface area (Å²) in [5, 5.41) is 4.18. The zero-order valence-corrected chi connectivity index (χ0v) is 12.9. The van der Waals surface area contributed by atoms with Gasteiger partial charge in [0.2, 0.25) is 0 Å². The Morgan fingerprint density at radius 3 is 2.52 bits per heavy atom. The fraction of sp³-hybridized carbons (Fsp3) is 0.200. The number of hydrogen-bond acceptors (Lipinski definition) is 2. The lowest BCUT2D eigenvalue weighted by Gasteiger charge is -2.21. The first-order valence-corrected chi connectivity index (χ1v) is 8.10. The number of pyridine rings is 1. The van der Waals surface area contributed by atoms with E-state index >= 15 is 0 Å². The maximum atomic E-state index is 12.6. The van der Waals surface area contributed by atoms with Crippen molar-refractivity contribution >= 4 is 22.5 Å². The number of nitrogens with one attached hydrogen (secondary N) is 1. The summed E-state index contributed by atoms with van der Waals surface area (Å²) in [6, 6.07) is 17.4. The minimum absolute atomic E-state index is 0.0604. The molecule has 0 saturated heterocycles. The molecule has 0 spiro atoms. The first kappa shape index (κ1) is 13.9. The van der Waals surface area contributed by atoms with Gasteiger partial charge >= 0.3 is 0 Å². The predicted molar refractivity (Wildman–Crippen MR) is 92.8 cm³/mol. The first-order valence-electron chi connectivity index (χ1n) is 8.10. The Morgan fingerprint density at radius 2 is 1.65 bits per heavy atom. The van der Waals surface area contributed by atoms with Gasteiger partial charge in [0, 0.05) is 16.6 Å². The van der Waals surface area contributed by atoms with Gasteiger partial charge in [0.1, 0.15) is 0 Å². The van der Waals surface area contributed by atoms with E-state index in [9.17, 15) is 4.79 Å². The molecule has 3 nitrogen and oxygen atoms in total. The zero-order chi connectivity index (χ0) is 15.6. The Kier molecular flexibility index (Phi) is 3.54. The van der Waals surface area contributed by atoms with E-state index in [0.717, 1.165) is 41.5 Å². The Bertz CT molecular complexity index is 871. The molecule has 1 heterocycles. The van der Waals surface area contributed by atoms with Crippen molar-refractivity contribution < 1.29 is 4.79 Å². The molecule has 0 atom stereocenters. The van der Waals surface area contributed by atoms with Crippen LogP contribution in [0, 0.1) is 0 Å². The lowest BCUT2D eigenvalue weighted by molar-refractivity contribution is 0.102. The standard InChI is InChI=1S/C20H18N2O/c23-20(14-8-2-1-3-9-14)22-19-15-10-4-6-12-17(15)21-18-13-7-5-11-16(18)19/h1-4,6,8-10,12H,5,7,11,13H2,(H,21,22,23). The molecule has 0 aliphatic heterocycles. The number of nitrogens with zero attached hydrogens (tertiary/aromatic N) is 1. The average Bonchev–Trinajstić information content (AvgIpc) is 2.62. The lowest BCUT2D eigenvalue weighted by atomic mass is 9.92. The van der Waals surface area contributed by atoms with Crippen LogP contribution in [-0.2, 0) is 12.8 Å². The molecule has 1 amide bonds. The zero-order valence-electron chi connectivity index (χ0n) is 12.9. The number of benzene rings is 2. The van der Waals surface area contributed by atoms with Gasteiger partial charge in [-0.15, -0.1) is 0 Å². The van der Waals surface area contributed by atoms with Crippen LogP contribution in [0.5, 0.6) is 0 Å². The van der Waals surface area contributed by atoms with Crippen molar-refractivity contribution in [1.82, 2.24) is 4.98 Å². The minimum Gasteiger partial charge on any atom is -0.321 e. The number of aryl methyl sites for hydroxylation is 1. The molecule has 1 aliphatic carbocycles. The van der Waals surface area contributed by atoms with Gasteiger partial charge in [-0.05, 0) is 49.4 Å². The number of rotatable bonds is 2. The Balaban J connectivity index is 1.83. The summed E-state index contributed by atoms with van der Waals surface area (Å²) in [5.41, 5.74) is 4.92. The topological polar surface area (TPSA) is 42.0 Å². The molecule has 0 fully saturated rings. The maximum absolute atomic E-state index is 12.6. The van der Waals surface area contributed by atoms with Crippen molar-refractivity contribution in [2.24, 2.45) is 0 Å². The van der Waals surface area contributed by atoms with E-state index < -0.39 is 0 Å². The quantitative estimate of drug-likeness (QED) is 0.764. The number of aromatic nitrogens is 1. The molecule has 23 heavy (non-hydrogen) atoms. The van der Waals surface area contributed by atoms with Crippen molar-refractivity contribution in [3.05, 3.63) is 71.4 Å². The second-order valence-corrected chi connectivity index (χ2v) is 5.96. The number of fused-ring (bicyclic) bond motifs is 2. The third-order valence-electron chi connectivity index (χ3n) is 4.44. The highest BCUT2D eigenvalue weighted by Crippen LogP contribution is 2.33. The SMILES string of the molecule is O=C(Nc1c2c(nc3ccccc13)CCCC2)c1ccccc1. The van der Waals surface area contributed by atoms with Crippen molar-refractivity contribution in [2.45, 2.75) is 25.7 Å². The fourth-order valence-electron chi connectivity index (χ4n) is 3.29. The largest absolute Gasteiger partial charge is 0.321 e. The molecule has 0 radical (unpaired) electrons. The van der Waals surface area contributed by atoms with Gasteiger partial charge in [-0.25, -0.2) is 0 Å². The van der Waals surface area contributed by atoms with Crippen LogP contribution in [0.2, 0.25) is 0 Å². The monoisotopic (exact) mass is 302 g/mol. The summed E-state index contributed by atoms with van der Waals surface area (Å²) in [6.45, 7) is 0. The molecule has 4 rings (SSSR count). The van der Waals surface area contributed by atoms with Crippen LogP contribution in [0.15, 0.2) is 54.6 Å². The van der Waals surface area contributed by atoms with Gasteiger partial charge in [-0.2, -0.15) is 0 Å². The van der Waals surface area contributed by atoms with Gasteiger partial charge in [0.05, 0.1) is 11.2 Å². The molecule has 1 aromatic heterocycles. The average molecular weight is 302 g/mol. The summed E-state index contributed by atoms with van der Waals surface area (Å²) in [7, 11) is 0. The highest BCUT2D eigenvalue weighted by atomic mass is 16.1. The fourth-order valence-corrected chi connectivity index (χ4v) is 3.29. The maximum Gasteiger partial charge on any atom is 0.255 e. The van der Waals surface area contributed by atoms with Crippen LogP contribution in [0.25, 0.3) is 10.9 Å². The summed E-state index contributed by atoms with van der Waals surface area (Å²) < 4.78 is 0. The molecule has 0 bridgehead atoms. The molecule has 3 aromatic rings. The Labute approximate surface area is 135 Å². The van der Waals surface area contributed by atoms with Crippen molar-refractivity contribution in [2.75, 3.05) is 5.32 Å². The molecule has 0 unspecified atom stereocenters.